The Labute approximate surface area is 118 Å². The van der Waals surface area contributed by atoms with Crippen LogP contribution in [0.1, 0.15) is 27.2 Å². The molecular formula is C13H23NO6. The summed E-state index contributed by atoms with van der Waals surface area (Å²) in [5.41, 5.74) is -0.998. The van der Waals surface area contributed by atoms with Gasteiger partial charge in [-0.3, -0.25) is 4.79 Å². The molecule has 3 N–H and O–H groups in total. The van der Waals surface area contributed by atoms with Crippen molar-refractivity contribution in [2.75, 3.05) is 19.8 Å². The number of carbonyl (C=O) groups excluding carboxylic acids is 1. The number of aliphatic hydroxyl groups is 2. The van der Waals surface area contributed by atoms with Crippen LogP contribution in [0.25, 0.3) is 0 Å². The first-order valence-electron chi connectivity index (χ1n) is 6.82. The van der Waals surface area contributed by atoms with Gasteiger partial charge >= 0.3 is 0 Å². The Bertz CT molecular complexity index is 374. The molecule has 0 radical (unpaired) electrons. The van der Waals surface area contributed by atoms with E-state index in [-0.39, 0.29) is 38.2 Å². The van der Waals surface area contributed by atoms with Gasteiger partial charge in [0.2, 0.25) is 5.91 Å². The van der Waals surface area contributed by atoms with Crippen molar-refractivity contribution in [2.45, 2.75) is 56.8 Å². The third kappa shape index (κ3) is 2.82. The van der Waals surface area contributed by atoms with Crippen molar-refractivity contribution in [1.29, 1.82) is 0 Å². The van der Waals surface area contributed by atoms with E-state index in [1.54, 1.807) is 13.8 Å². The van der Waals surface area contributed by atoms with Crippen LogP contribution in [-0.4, -0.2) is 65.6 Å². The van der Waals surface area contributed by atoms with Crippen LogP contribution in [-0.2, 0) is 19.0 Å². The normalized spacial score (nSPS) is 39.4. The lowest BCUT2D eigenvalue weighted by Crippen LogP contribution is -2.65. The summed E-state index contributed by atoms with van der Waals surface area (Å²) < 4.78 is 17.5. The number of carbonyl (C=O) groups is 1. The predicted octanol–water partition coefficient (Wildman–Crippen LogP) is -0.845. The second-order valence-electron chi connectivity index (χ2n) is 5.84. The van der Waals surface area contributed by atoms with Crippen molar-refractivity contribution < 1.29 is 29.2 Å². The first-order valence-corrected chi connectivity index (χ1v) is 6.82. The van der Waals surface area contributed by atoms with Gasteiger partial charge < -0.3 is 29.7 Å². The van der Waals surface area contributed by atoms with Crippen molar-refractivity contribution in [3.05, 3.63) is 0 Å². The highest BCUT2D eigenvalue weighted by Gasteiger charge is 2.58. The smallest absolute Gasteiger partial charge is 0.217 e. The van der Waals surface area contributed by atoms with Gasteiger partial charge in [-0.1, -0.05) is 0 Å². The van der Waals surface area contributed by atoms with Crippen LogP contribution in [0.3, 0.4) is 0 Å². The Balaban J connectivity index is 2.25. The maximum atomic E-state index is 11.3. The molecule has 0 spiro atoms. The van der Waals surface area contributed by atoms with Crippen LogP contribution < -0.4 is 5.32 Å². The molecule has 2 fully saturated rings. The lowest BCUT2D eigenvalue weighted by Gasteiger charge is -2.45. The second kappa shape index (κ2) is 5.57. The number of nitrogens with one attached hydrogen (secondary N) is 1. The van der Waals surface area contributed by atoms with Crippen LogP contribution in [0, 0.1) is 0 Å². The van der Waals surface area contributed by atoms with Gasteiger partial charge in [0.05, 0.1) is 19.3 Å². The molecule has 0 aliphatic carbocycles. The van der Waals surface area contributed by atoms with E-state index in [2.05, 4.69) is 5.32 Å². The summed E-state index contributed by atoms with van der Waals surface area (Å²) in [5.74, 6) is -1.00. The molecule has 20 heavy (non-hydrogen) atoms. The van der Waals surface area contributed by atoms with Crippen molar-refractivity contribution in [3.63, 3.8) is 0 Å². The molecule has 0 aromatic heterocycles. The van der Waals surface area contributed by atoms with E-state index < -0.39 is 23.6 Å². The van der Waals surface area contributed by atoms with Gasteiger partial charge in [0, 0.05) is 20.0 Å². The highest BCUT2D eigenvalue weighted by atomic mass is 16.8. The molecule has 2 rings (SSSR count). The Morgan fingerprint density at radius 3 is 2.60 bits per heavy atom. The molecule has 7 heteroatoms. The fraction of sp³-hybridized carbons (Fsp3) is 0.923. The second-order valence-corrected chi connectivity index (χ2v) is 5.84. The first-order chi connectivity index (χ1) is 9.33. The van der Waals surface area contributed by atoms with Crippen LogP contribution in [0.4, 0.5) is 0 Å². The van der Waals surface area contributed by atoms with Gasteiger partial charge in [0.15, 0.2) is 5.79 Å². The summed E-state index contributed by atoms with van der Waals surface area (Å²) in [5, 5.41) is 21.7. The number of rotatable bonds is 4. The monoisotopic (exact) mass is 289 g/mol. The predicted molar refractivity (Wildman–Crippen MR) is 68.9 cm³/mol. The third-order valence-corrected chi connectivity index (χ3v) is 3.79. The summed E-state index contributed by atoms with van der Waals surface area (Å²) in [6, 6.07) is -0.336. The van der Waals surface area contributed by atoms with Crippen LogP contribution in [0.2, 0.25) is 0 Å². The Kier molecular flexibility index (Phi) is 4.36. The first kappa shape index (κ1) is 15.7. The molecule has 2 aliphatic heterocycles. The lowest BCUT2D eigenvalue weighted by atomic mass is 9.84. The van der Waals surface area contributed by atoms with E-state index in [0.717, 1.165) is 0 Å². The third-order valence-electron chi connectivity index (χ3n) is 3.79. The fourth-order valence-corrected chi connectivity index (χ4v) is 2.93. The highest BCUT2D eigenvalue weighted by molar-refractivity contribution is 5.73. The quantitative estimate of drug-likeness (QED) is 0.624. The number of aliphatic hydroxyl groups excluding tert-OH is 2. The van der Waals surface area contributed by atoms with E-state index in [9.17, 15) is 15.0 Å². The Hall–Kier alpha value is -0.730. The number of hydrogen-bond acceptors (Lipinski definition) is 6. The van der Waals surface area contributed by atoms with Crippen LogP contribution in [0.15, 0.2) is 0 Å². The molecule has 4 atom stereocenters. The minimum Gasteiger partial charge on any atom is -0.396 e. The molecule has 2 saturated heterocycles. The molecule has 2 heterocycles. The van der Waals surface area contributed by atoms with Crippen LogP contribution >= 0.6 is 0 Å². The van der Waals surface area contributed by atoms with E-state index >= 15 is 0 Å². The number of ether oxygens (including phenoxy) is 3. The van der Waals surface area contributed by atoms with Gasteiger partial charge in [-0.25, -0.2) is 0 Å². The zero-order chi connectivity index (χ0) is 15.0. The summed E-state index contributed by atoms with van der Waals surface area (Å²) in [4.78, 5) is 11.3. The fourth-order valence-electron chi connectivity index (χ4n) is 2.93. The van der Waals surface area contributed by atoms with E-state index in [1.807, 2.05) is 0 Å². The van der Waals surface area contributed by atoms with E-state index in [4.69, 9.17) is 14.2 Å². The van der Waals surface area contributed by atoms with Gasteiger partial charge in [-0.15, -0.1) is 0 Å². The Morgan fingerprint density at radius 1 is 1.35 bits per heavy atom. The minimum absolute atomic E-state index is 0.127. The maximum Gasteiger partial charge on any atom is 0.217 e. The minimum atomic E-state index is -0.998. The zero-order valence-corrected chi connectivity index (χ0v) is 12.1. The largest absolute Gasteiger partial charge is 0.396 e. The van der Waals surface area contributed by atoms with Crippen molar-refractivity contribution in [1.82, 2.24) is 5.32 Å². The molecular weight excluding hydrogens is 266 g/mol. The highest BCUT2D eigenvalue weighted by Crippen LogP contribution is 2.41. The SMILES string of the molecule is CC(=O)N[C@@H]1COC(CO)(CCO)C2OC(C)(C)OC21. The van der Waals surface area contributed by atoms with Crippen molar-refractivity contribution >= 4 is 5.91 Å². The molecule has 0 aromatic rings. The van der Waals surface area contributed by atoms with E-state index in [1.165, 1.54) is 6.92 Å². The number of fused-ring (bicyclic) bond motifs is 1. The average molecular weight is 289 g/mol. The molecule has 116 valence electrons. The molecule has 0 bridgehead atoms. The summed E-state index contributed by atoms with van der Waals surface area (Å²) in [6.45, 7) is 4.78. The average Bonchev–Trinajstić information content (AvgIpc) is 2.69. The molecule has 7 nitrogen and oxygen atoms in total. The zero-order valence-electron chi connectivity index (χ0n) is 12.1. The van der Waals surface area contributed by atoms with Crippen molar-refractivity contribution in [3.8, 4) is 0 Å². The van der Waals surface area contributed by atoms with Gasteiger partial charge in [0.25, 0.3) is 0 Å². The summed E-state index contributed by atoms with van der Waals surface area (Å²) in [6.07, 6.45) is -0.710. The molecule has 1 amide bonds. The molecule has 0 saturated carbocycles. The standard InChI is InChI=1S/C13H23NO6/c1-8(17)14-9-6-18-13(7-16,4-5-15)11-10(9)19-12(2,3)20-11/h9-11,15-16H,4-7H2,1-3H3,(H,14,17)/t9-,10?,11?,13?/m1/s1. The van der Waals surface area contributed by atoms with Crippen molar-refractivity contribution in [2.24, 2.45) is 0 Å². The van der Waals surface area contributed by atoms with Gasteiger partial charge in [-0.05, 0) is 13.8 Å². The van der Waals surface area contributed by atoms with Crippen LogP contribution in [0.5, 0.6) is 0 Å². The van der Waals surface area contributed by atoms with E-state index in [0.29, 0.717) is 0 Å². The summed E-state index contributed by atoms with van der Waals surface area (Å²) >= 11 is 0. The number of amides is 1. The number of hydrogen-bond donors (Lipinski definition) is 3. The topological polar surface area (TPSA) is 97.3 Å². The van der Waals surface area contributed by atoms with Gasteiger partial charge in [0.1, 0.15) is 17.8 Å². The maximum absolute atomic E-state index is 11.3. The molecule has 3 unspecified atom stereocenters. The molecule has 2 aliphatic rings. The Morgan fingerprint density at radius 2 is 2.05 bits per heavy atom. The lowest BCUT2D eigenvalue weighted by molar-refractivity contribution is -0.208. The molecule has 0 aromatic carbocycles. The summed E-state index contributed by atoms with van der Waals surface area (Å²) in [7, 11) is 0. The van der Waals surface area contributed by atoms with Gasteiger partial charge in [-0.2, -0.15) is 0 Å².